The molecule has 1 amide bonds. The van der Waals surface area contributed by atoms with Gasteiger partial charge in [-0.2, -0.15) is 5.10 Å². The number of hydrogen-bond acceptors (Lipinski definition) is 3. The Kier molecular flexibility index (Phi) is 4.42. The highest BCUT2D eigenvalue weighted by molar-refractivity contribution is 5.90. The Morgan fingerprint density at radius 2 is 2.05 bits per heavy atom. The number of H-pyrrole nitrogens is 1. The Morgan fingerprint density at radius 3 is 2.60 bits per heavy atom. The van der Waals surface area contributed by atoms with Crippen molar-refractivity contribution in [2.75, 3.05) is 5.32 Å². The van der Waals surface area contributed by atoms with Crippen LogP contribution in [-0.2, 0) is 9.59 Å². The van der Waals surface area contributed by atoms with Crippen LogP contribution in [0.1, 0.15) is 50.6 Å². The van der Waals surface area contributed by atoms with E-state index in [1.807, 2.05) is 6.92 Å². The van der Waals surface area contributed by atoms with Crippen molar-refractivity contribution in [1.82, 2.24) is 10.2 Å². The van der Waals surface area contributed by atoms with E-state index in [1.165, 1.54) is 0 Å². The molecule has 1 aromatic rings. The summed E-state index contributed by atoms with van der Waals surface area (Å²) in [6, 6.07) is 1.75. The minimum absolute atomic E-state index is 0.0695. The first-order valence-electron chi connectivity index (χ1n) is 7.03. The number of hydrogen-bond donors (Lipinski definition) is 3. The summed E-state index contributed by atoms with van der Waals surface area (Å²) >= 11 is 0. The number of rotatable bonds is 5. The van der Waals surface area contributed by atoms with Crippen LogP contribution in [0.2, 0.25) is 0 Å². The van der Waals surface area contributed by atoms with Crippen molar-refractivity contribution >= 4 is 17.7 Å². The fourth-order valence-electron chi connectivity index (χ4n) is 3.05. The number of amides is 1. The van der Waals surface area contributed by atoms with Crippen molar-refractivity contribution in [3.8, 4) is 0 Å². The molecule has 1 aromatic heterocycles. The molecule has 0 aromatic carbocycles. The molecule has 0 spiro atoms. The van der Waals surface area contributed by atoms with Crippen molar-refractivity contribution in [1.29, 1.82) is 0 Å². The van der Waals surface area contributed by atoms with Gasteiger partial charge in [-0.25, -0.2) is 0 Å². The third-order valence-corrected chi connectivity index (χ3v) is 3.95. The fraction of sp³-hybridized carbons (Fsp3) is 0.643. The largest absolute Gasteiger partial charge is 0.481 e. The van der Waals surface area contributed by atoms with Gasteiger partial charge >= 0.3 is 5.97 Å². The molecule has 1 saturated carbocycles. The van der Waals surface area contributed by atoms with E-state index in [2.05, 4.69) is 15.5 Å². The average molecular weight is 279 g/mol. The zero-order valence-electron chi connectivity index (χ0n) is 11.7. The van der Waals surface area contributed by atoms with Crippen LogP contribution in [0.5, 0.6) is 0 Å². The van der Waals surface area contributed by atoms with E-state index in [0.29, 0.717) is 5.82 Å². The van der Waals surface area contributed by atoms with E-state index in [4.69, 9.17) is 5.11 Å². The van der Waals surface area contributed by atoms with E-state index >= 15 is 0 Å². The lowest BCUT2D eigenvalue weighted by Crippen LogP contribution is -2.32. The highest BCUT2D eigenvalue weighted by Gasteiger charge is 2.36. The molecule has 6 heteroatoms. The Hall–Kier alpha value is -1.85. The van der Waals surface area contributed by atoms with Gasteiger partial charge in [0.05, 0.1) is 6.42 Å². The van der Waals surface area contributed by atoms with Crippen molar-refractivity contribution in [3.05, 3.63) is 11.8 Å². The van der Waals surface area contributed by atoms with Gasteiger partial charge in [0.15, 0.2) is 5.82 Å². The summed E-state index contributed by atoms with van der Waals surface area (Å²) in [7, 11) is 0. The van der Waals surface area contributed by atoms with Crippen molar-refractivity contribution in [2.45, 2.75) is 51.9 Å². The second-order valence-corrected chi connectivity index (χ2v) is 5.79. The summed E-state index contributed by atoms with van der Waals surface area (Å²) in [5.41, 5.74) is 0.484. The van der Waals surface area contributed by atoms with Crippen LogP contribution in [0.15, 0.2) is 6.07 Å². The molecule has 1 heterocycles. The molecule has 0 saturated heterocycles. The quantitative estimate of drug-likeness (QED) is 0.771. The average Bonchev–Trinajstić information content (AvgIpc) is 2.74. The van der Waals surface area contributed by atoms with Gasteiger partial charge in [0.2, 0.25) is 5.91 Å². The number of carboxylic acid groups (broad SMARTS) is 1. The SMILES string of the molecule is Cc1cc(NC(=O)CC2(CC(=O)O)CCCCC2)n[nH]1. The van der Waals surface area contributed by atoms with Crippen LogP contribution in [0.25, 0.3) is 0 Å². The maximum atomic E-state index is 12.1. The number of anilines is 1. The number of aryl methyl sites for hydroxylation is 1. The molecule has 6 nitrogen and oxygen atoms in total. The summed E-state index contributed by atoms with van der Waals surface area (Å²) < 4.78 is 0. The van der Waals surface area contributed by atoms with Crippen molar-refractivity contribution in [2.24, 2.45) is 5.41 Å². The van der Waals surface area contributed by atoms with E-state index in [-0.39, 0.29) is 24.2 Å². The Balaban J connectivity index is 1.99. The lowest BCUT2D eigenvalue weighted by molar-refractivity contribution is -0.140. The lowest BCUT2D eigenvalue weighted by atomic mass is 9.69. The number of aliphatic carboxylic acids is 1. The predicted octanol–water partition coefficient (Wildman–Crippen LogP) is 2.47. The van der Waals surface area contributed by atoms with Gasteiger partial charge in [-0.1, -0.05) is 19.3 Å². The van der Waals surface area contributed by atoms with E-state index in [1.54, 1.807) is 6.07 Å². The Morgan fingerprint density at radius 1 is 1.35 bits per heavy atom. The van der Waals surface area contributed by atoms with Crippen LogP contribution < -0.4 is 5.32 Å². The molecule has 1 fully saturated rings. The maximum absolute atomic E-state index is 12.1. The van der Waals surface area contributed by atoms with Gasteiger partial charge in [0.25, 0.3) is 0 Å². The lowest BCUT2D eigenvalue weighted by Gasteiger charge is -2.35. The topological polar surface area (TPSA) is 95.1 Å². The number of carbonyl (C=O) groups excluding carboxylic acids is 1. The van der Waals surface area contributed by atoms with Gasteiger partial charge < -0.3 is 10.4 Å². The monoisotopic (exact) mass is 279 g/mol. The number of nitrogens with zero attached hydrogens (tertiary/aromatic N) is 1. The normalized spacial score (nSPS) is 17.6. The second kappa shape index (κ2) is 6.07. The maximum Gasteiger partial charge on any atom is 0.303 e. The highest BCUT2D eigenvalue weighted by atomic mass is 16.4. The summed E-state index contributed by atoms with van der Waals surface area (Å²) in [5.74, 6) is -0.483. The molecule has 0 unspecified atom stereocenters. The molecule has 0 atom stereocenters. The van der Waals surface area contributed by atoms with Crippen molar-refractivity contribution < 1.29 is 14.7 Å². The second-order valence-electron chi connectivity index (χ2n) is 5.79. The molecular formula is C14H21N3O3. The van der Waals surface area contributed by atoms with Gasteiger partial charge in [0, 0.05) is 18.2 Å². The summed E-state index contributed by atoms with van der Waals surface area (Å²) in [4.78, 5) is 23.2. The molecular weight excluding hydrogens is 258 g/mol. The molecule has 0 aliphatic heterocycles. The number of aromatic nitrogens is 2. The van der Waals surface area contributed by atoms with Crippen molar-refractivity contribution in [3.63, 3.8) is 0 Å². The van der Waals surface area contributed by atoms with Gasteiger partial charge in [0.1, 0.15) is 0 Å². The fourth-order valence-corrected chi connectivity index (χ4v) is 3.05. The smallest absolute Gasteiger partial charge is 0.303 e. The van der Waals surface area contributed by atoms with E-state index in [0.717, 1.165) is 37.8 Å². The minimum Gasteiger partial charge on any atom is -0.481 e. The standard InChI is InChI=1S/C14H21N3O3/c1-10-7-11(17-16-10)15-12(18)8-14(9-13(19)20)5-3-2-4-6-14/h7H,2-6,8-9H2,1H3,(H,19,20)(H2,15,16,17,18). The molecule has 0 bridgehead atoms. The Bertz CT molecular complexity index is 490. The van der Waals surface area contributed by atoms with Gasteiger partial charge in [-0.3, -0.25) is 14.7 Å². The van der Waals surface area contributed by atoms with Gasteiger partial charge in [-0.05, 0) is 25.2 Å². The molecule has 20 heavy (non-hydrogen) atoms. The number of nitrogens with one attached hydrogen (secondary N) is 2. The van der Waals surface area contributed by atoms with Crippen LogP contribution in [0.3, 0.4) is 0 Å². The van der Waals surface area contributed by atoms with Crippen LogP contribution in [0.4, 0.5) is 5.82 Å². The highest BCUT2D eigenvalue weighted by Crippen LogP contribution is 2.42. The number of aromatic amines is 1. The third kappa shape index (κ3) is 3.82. The molecule has 110 valence electrons. The first-order chi connectivity index (χ1) is 9.49. The molecule has 0 radical (unpaired) electrons. The molecule has 2 rings (SSSR count). The summed E-state index contributed by atoms with van der Waals surface area (Å²) in [6.45, 7) is 1.86. The van der Waals surface area contributed by atoms with Crippen LogP contribution >= 0.6 is 0 Å². The molecule has 1 aliphatic rings. The zero-order valence-corrected chi connectivity index (χ0v) is 11.7. The van der Waals surface area contributed by atoms with E-state index < -0.39 is 5.97 Å². The minimum atomic E-state index is -0.824. The molecule has 3 N–H and O–H groups in total. The summed E-state index contributed by atoms with van der Waals surface area (Å²) in [6.07, 6.45) is 5.08. The van der Waals surface area contributed by atoms with Crippen LogP contribution in [-0.4, -0.2) is 27.2 Å². The Labute approximate surface area is 118 Å². The van der Waals surface area contributed by atoms with E-state index in [9.17, 15) is 9.59 Å². The third-order valence-electron chi connectivity index (χ3n) is 3.95. The van der Waals surface area contributed by atoms with Crippen LogP contribution in [0, 0.1) is 12.3 Å². The summed E-state index contributed by atoms with van der Waals surface area (Å²) in [5, 5.41) is 18.5. The first-order valence-corrected chi connectivity index (χ1v) is 7.03. The molecule has 1 aliphatic carbocycles. The first kappa shape index (κ1) is 14.6. The predicted molar refractivity (Wildman–Crippen MR) is 74.3 cm³/mol. The number of carboxylic acids is 1. The number of carbonyl (C=O) groups is 2. The van der Waals surface area contributed by atoms with Gasteiger partial charge in [-0.15, -0.1) is 0 Å². The zero-order chi connectivity index (χ0) is 14.6.